The molecule has 0 spiro atoms. The van der Waals surface area contributed by atoms with Crippen molar-refractivity contribution in [1.29, 1.82) is 0 Å². The molecule has 0 aromatic heterocycles. The van der Waals surface area contributed by atoms with Gasteiger partial charge in [-0.25, -0.2) is 0 Å². The maximum absolute atomic E-state index is 5.68. The quantitative estimate of drug-likeness (QED) is 0.556. The van der Waals surface area contributed by atoms with E-state index < -0.39 is 0 Å². The molecule has 0 radical (unpaired) electrons. The molecule has 1 rings (SSSR count). The zero-order valence-corrected chi connectivity index (χ0v) is 8.46. The maximum Gasteiger partial charge on any atom is 0.0593 e. The van der Waals surface area contributed by atoms with E-state index in [2.05, 4.69) is 10.2 Å². The molecule has 3 N–H and O–H groups in total. The molecular weight excluding hydrogens is 166 g/mol. The average Bonchev–Trinajstić information content (AvgIpc) is 2.19. The summed E-state index contributed by atoms with van der Waals surface area (Å²) in [5.41, 5.74) is 5.68. The average molecular weight is 187 g/mol. The number of nitrogens with two attached hydrogens (primary N) is 1. The van der Waals surface area contributed by atoms with Crippen molar-refractivity contribution in [2.24, 2.45) is 5.73 Å². The Morgan fingerprint density at radius 2 is 2.46 bits per heavy atom. The molecule has 0 aliphatic carbocycles. The van der Waals surface area contributed by atoms with Crippen LogP contribution in [0.3, 0.4) is 0 Å². The molecule has 4 heteroatoms. The Balaban J connectivity index is 2.19. The first-order chi connectivity index (χ1) is 6.38. The smallest absolute Gasteiger partial charge is 0.0593 e. The lowest BCUT2D eigenvalue weighted by Gasteiger charge is -2.35. The normalized spacial score (nSPS) is 24.9. The predicted octanol–water partition coefficient (Wildman–Crippen LogP) is -0.745. The molecule has 1 heterocycles. The van der Waals surface area contributed by atoms with Crippen molar-refractivity contribution in [2.45, 2.75) is 13.0 Å². The second-order valence-electron chi connectivity index (χ2n) is 3.33. The maximum atomic E-state index is 5.68. The first-order valence-electron chi connectivity index (χ1n) is 5.11. The second kappa shape index (κ2) is 6.32. The first kappa shape index (κ1) is 10.9. The van der Waals surface area contributed by atoms with Crippen LogP contribution in [0.1, 0.15) is 6.92 Å². The molecule has 0 amide bonds. The molecule has 1 aliphatic rings. The summed E-state index contributed by atoms with van der Waals surface area (Å²) in [6.45, 7) is 8.58. The number of piperazine rings is 1. The van der Waals surface area contributed by atoms with E-state index in [1.54, 1.807) is 0 Å². The zero-order chi connectivity index (χ0) is 9.52. The van der Waals surface area contributed by atoms with Gasteiger partial charge in [-0.15, -0.1) is 0 Å². The molecule has 1 saturated heterocycles. The van der Waals surface area contributed by atoms with Crippen LogP contribution in [0.5, 0.6) is 0 Å². The van der Waals surface area contributed by atoms with Crippen molar-refractivity contribution in [3.8, 4) is 0 Å². The van der Waals surface area contributed by atoms with Crippen LogP contribution in [0, 0.1) is 0 Å². The van der Waals surface area contributed by atoms with E-state index in [4.69, 9.17) is 10.5 Å². The lowest BCUT2D eigenvalue weighted by molar-refractivity contribution is 0.0852. The Bertz CT molecular complexity index is 132. The van der Waals surface area contributed by atoms with Gasteiger partial charge in [-0.1, -0.05) is 0 Å². The molecule has 1 atom stereocenters. The fourth-order valence-corrected chi connectivity index (χ4v) is 1.66. The number of hydrogen-bond acceptors (Lipinski definition) is 4. The molecule has 0 saturated carbocycles. The summed E-state index contributed by atoms with van der Waals surface area (Å²) in [4.78, 5) is 2.41. The van der Waals surface area contributed by atoms with Gasteiger partial charge in [0.2, 0.25) is 0 Å². The van der Waals surface area contributed by atoms with Crippen molar-refractivity contribution in [2.75, 3.05) is 45.9 Å². The molecule has 13 heavy (non-hydrogen) atoms. The van der Waals surface area contributed by atoms with Gasteiger partial charge in [0.05, 0.1) is 6.61 Å². The van der Waals surface area contributed by atoms with Gasteiger partial charge in [0.25, 0.3) is 0 Å². The van der Waals surface area contributed by atoms with Gasteiger partial charge in [0.15, 0.2) is 0 Å². The zero-order valence-electron chi connectivity index (χ0n) is 8.46. The van der Waals surface area contributed by atoms with Gasteiger partial charge in [0, 0.05) is 45.4 Å². The first-order valence-corrected chi connectivity index (χ1v) is 5.11. The van der Waals surface area contributed by atoms with E-state index >= 15 is 0 Å². The topological polar surface area (TPSA) is 50.5 Å². The number of rotatable bonds is 5. The van der Waals surface area contributed by atoms with E-state index in [9.17, 15) is 0 Å². The highest BCUT2D eigenvalue weighted by molar-refractivity contribution is 4.79. The van der Waals surface area contributed by atoms with Crippen LogP contribution in [0.2, 0.25) is 0 Å². The van der Waals surface area contributed by atoms with Gasteiger partial charge in [-0.05, 0) is 6.92 Å². The predicted molar refractivity (Wildman–Crippen MR) is 53.8 cm³/mol. The fourth-order valence-electron chi connectivity index (χ4n) is 1.66. The molecule has 1 unspecified atom stereocenters. The highest BCUT2D eigenvalue weighted by Crippen LogP contribution is 2.00. The minimum atomic E-state index is 0.495. The van der Waals surface area contributed by atoms with Gasteiger partial charge in [0.1, 0.15) is 0 Å². The van der Waals surface area contributed by atoms with Gasteiger partial charge >= 0.3 is 0 Å². The lowest BCUT2D eigenvalue weighted by atomic mass is 10.2. The summed E-state index contributed by atoms with van der Waals surface area (Å²) in [6, 6.07) is 0.495. The third kappa shape index (κ3) is 3.60. The highest BCUT2D eigenvalue weighted by Gasteiger charge is 2.19. The molecule has 0 aromatic rings. The summed E-state index contributed by atoms with van der Waals surface area (Å²) in [7, 11) is 0. The van der Waals surface area contributed by atoms with Crippen LogP contribution in [-0.2, 0) is 4.74 Å². The van der Waals surface area contributed by atoms with Gasteiger partial charge in [-0.3, -0.25) is 4.90 Å². The van der Waals surface area contributed by atoms with E-state index in [0.29, 0.717) is 6.04 Å². The summed E-state index contributed by atoms with van der Waals surface area (Å²) in [5, 5.41) is 3.34. The Hall–Kier alpha value is -0.160. The molecule has 4 nitrogen and oxygen atoms in total. The van der Waals surface area contributed by atoms with E-state index in [1.165, 1.54) is 0 Å². The van der Waals surface area contributed by atoms with E-state index in [-0.39, 0.29) is 0 Å². The third-order valence-electron chi connectivity index (χ3n) is 2.47. The molecule has 0 bridgehead atoms. The van der Waals surface area contributed by atoms with E-state index in [1.807, 2.05) is 6.92 Å². The van der Waals surface area contributed by atoms with Crippen molar-refractivity contribution in [3.63, 3.8) is 0 Å². The van der Waals surface area contributed by atoms with Gasteiger partial charge in [-0.2, -0.15) is 0 Å². The summed E-state index contributed by atoms with van der Waals surface area (Å²) >= 11 is 0. The van der Waals surface area contributed by atoms with Crippen LogP contribution < -0.4 is 11.1 Å². The third-order valence-corrected chi connectivity index (χ3v) is 2.47. The van der Waals surface area contributed by atoms with Crippen LogP contribution in [0.4, 0.5) is 0 Å². The standard InChI is InChI=1S/C9H21N3O/c1-2-13-6-5-12-4-3-11-8-9(12)7-10/h9,11H,2-8,10H2,1H3. The van der Waals surface area contributed by atoms with Crippen LogP contribution in [0.25, 0.3) is 0 Å². The highest BCUT2D eigenvalue weighted by atomic mass is 16.5. The molecule has 1 aliphatic heterocycles. The largest absolute Gasteiger partial charge is 0.380 e. The second-order valence-corrected chi connectivity index (χ2v) is 3.33. The fraction of sp³-hybridized carbons (Fsp3) is 1.00. The molecular formula is C9H21N3O. The van der Waals surface area contributed by atoms with Crippen molar-refractivity contribution < 1.29 is 4.74 Å². The van der Waals surface area contributed by atoms with E-state index in [0.717, 1.165) is 45.9 Å². The van der Waals surface area contributed by atoms with Crippen LogP contribution in [0.15, 0.2) is 0 Å². The van der Waals surface area contributed by atoms with Crippen LogP contribution >= 0.6 is 0 Å². The van der Waals surface area contributed by atoms with Gasteiger partial charge < -0.3 is 15.8 Å². The number of nitrogens with one attached hydrogen (secondary N) is 1. The minimum absolute atomic E-state index is 0.495. The Morgan fingerprint density at radius 3 is 3.15 bits per heavy atom. The Kier molecular flexibility index (Phi) is 5.31. The number of nitrogens with zero attached hydrogens (tertiary/aromatic N) is 1. The number of ether oxygens (including phenoxy) is 1. The molecule has 1 fully saturated rings. The van der Waals surface area contributed by atoms with Crippen LogP contribution in [-0.4, -0.2) is 56.9 Å². The minimum Gasteiger partial charge on any atom is -0.380 e. The molecule has 78 valence electrons. The SMILES string of the molecule is CCOCCN1CCNCC1CN. The lowest BCUT2D eigenvalue weighted by Crippen LogP contribution is -2.55. The Labute approximate surface area is 80.4 Å². The Morgan fingerprint density at radius 1 is 1.62 bits per heavy atom. The number of hydrogen-bond donors (Lipinski definition) is 2. The van der Waals surface area contributed by atoms with Crippen molar-refractivity contribution in [3.05, 3.63) is 0 Å². The van der Waals surface area contributed by atoms with Crippen molar-refractivity contribution >= 4 is 0 Å². The summed E-state index contributed by atoms with van der Waals surface area (Å²) in [5.74, 6) is 0. The molecule has 0 aromatic carbocycles. The summed E-state index contributed by atoms with van der Waals surface area (Å²) < 4.78 is 5.33. The monoisotopic (exact) mass is 187 g/mol. The van der Waals surface area contributed by atoms with Crippen molar-refractivity contribution in [1.82, 2.24) is 10.2 Å². The summed E-state index contributed by atoms with van der Waals surface area (Å²) in [6.07, 6.45) is 0.